The van der Waals surface area contributed by atoms with Gasteiger partial charge in [-0.05, 0) is 29.7 Å². The predicted molar refractivity (Wildman–Crippen MR) is 139 cm³/mol. The first-order valence-electron chi connectivity index (χ1n) is 12.2. The minimum Gasteiger partial charge on any atom is -0.465 e. The van der Waals surface area contributed by atoms with Gasteiger partial charge in [0.25, 0.3) is 0 Å². The first kappa shape index (κ1) is 24.8. The smallest absolute Gasteiger partial charge is 0.343 e. The second-order valence-electron chi connectivity index (χ2n) is 8.78. The van der Waals surface area contributed by atoms with Crippen LogP contribution in [-0.4, -0.2) is 57.6 Å². The number of aryl methyl sites for hydroxylation is 2. The van der Waals surface area contributed by atoms with Crippen LogP contribution in [0.4, 0.5) is 0 Å². The highest BCUT2D eigenvalue weighted by Gasteiger charge is 2.22. The van der Waals surface area contributed by atoms with Gasteiger partial charge in [0, 0.05) is 36.3 Å². The number of hydrogen-bond acceptors (Lipinski definition) is 8. The van der Waals surface area contributed by atoms with E-state index in [1.807, 2.05) is 36.4 Å². The molecule has 12 heteroatoms. The lowest BCUT2D eigenvalue weighted by Gasteiger charge is -2.09. The number of nitrogens with zero attached hydrogens (tertiary/aromatic N) is 8. The van der Waals surface area contributed by atoms with Gasteiger partial charge in [0.15, 0.2) is 5.82 Å². The van der Waals surface area contributed by atoms with Gasteiger partial charge >= 0.3 is 11.7 Å². The number of aromatic amines is 1. The summed E-state index contributed by atoms with van der Waals surface area (Å²) in [5, 5.41) is 18.5. The Labute approximate surface area is 217 Å². The standard InChI is InChI=1S/C26H27N9O3/c1-4-5-8-19-16-35(24-22(25(36)38-3)14-28-33(24)2)26(37)34(19)15-18-12-11-17(13-27-18)20-9-6-7-10-21(20)23-29-31-32-30-23/h6-7,9-14,16H,4-5,8,15H2,1-3H3,(H,29,30,31,32). The third kappa shape index (κ3) is 4.63. The van der Waals surface area contributed by atoms with Crippen molar-refractivity contribution in [1.82, 2.24) is 44.5 Å². The van der Waals surface area contributed by atoms with E-state index in [1.54, 1.807) is 24.0 Å². The fraction of sp³-hybridized carbons (Fsp3) is 0.269. The minimum absolute atomic E-state index is 0.221. The molecule has 0 bridgehead atoms. The van der Waals surface area contributed by atoms with Crippen molar-refractivity contribution < 1.29 is 9.53 Å². The van der Waals surface area contributed by atoms with E-state index in [0.29, 0.717) is 18.1 Å². The predicted octanol–water partition coefficient (Wildman–Crippen LogP) is 2.79. The lowest BCUT2D eigenvalue weighted by atomic mass is 10.0. The van der Waals surface area contributed by atoms with Gasteiger partial charge in [-0.3, -0.25) is 18.8 Å². The number of pyridine rings is 1. The van der Waals surface area contributed by atoms with E-state index in [4.69, 9.17) is 4.74 Å². The minimum atomic E-state index is -0.554. The maximum Gasteiger partial charge on any atom is 0.343 e. The molecule has 0 atom stereocenters. The molecule has 0 unspecified atom stereocenters. The Hall–Kier alpha value is -4.87. The van der Waals surface area contributed by atoms with E-state index in [9.17, 15) is 9.59 Å². The number of aromatic nitrogens is 9. The van der Waals surface area contributed by atoms with Crippen molar-refractivity contribution in [2.45, 2.75) is 32.7 Å². The van der Waals surface area contributed by atoms with Crippen LogP contribution in [0.5, 0.6) is 0 Å². The van der Waals surface area contributed by atoms with Crippen LogP contribution >= 0.6 is 0 Å². The number of rotatable bonds is 9. The van der Waals surface area contributed by atoms with Crippen LogP contribution in [0, 0.1) is 0 Å². The molecule has 0 saturated carbocycles. The zero-order valence-corrected chi connectivity index (χ0v) is 21.3. The lowest BCUT2D eigenvalue weighted by molar-refractivity contribution is 0.0600. The summed E-state index contributed by atoms with van der Waals surface area (Å²) in [6, 6.07) is 11.6. The molecule has 0 aliphatic carbocycles. The van der Waals surface area contributed by atoms with Gasteiger partial charge in [-0.1, -0.05) is 43.7 Å². The molecule has 12 nitrogen and oxygen atoms in total. The molecule has 0 saturated heterocycles. The van der Waals surface area contributed by atoms with Crippen molar-refractivity contribution in [2.75, 3.05) is 7.11 Å². The molecular weight excluding hydrogens is 486 g/mol. The highest BCUT2D eigenvalue weighted by atomic mass is 16.5. The molecule has 0 aliphatic heterocycles. The van der Waals surface area contributed by atoms with Gasteiger partial charge in [-0.2, -0.15) is 10.3 Å². The van der Waals surface area contributed by atoms with Crippen LogP contribution in [0.25, 0.3) is 28.3 Å². The summed E-state index contributed by atoms with van der Waals surface area (Å²) in [5.74, 6) is 0.306. The molecule has 38 heavy (non-hydrogen) atoms. The largest absolute Gasteiger partial charge is 0.465 e. The first-order chi connectivity index (χ1) is 18.5. The number of nitrogens with one attached hydrogen (secondary N) is 1. The molecule has 0 spiro atoms. The summed E-state index contributed by atoms with van der Waals surface area (Å²) in [6.45, 7) is 2.38. The van der Waals surface area contributed by atoms with Crippen LogP contribution in [-0.2, 0) is 24.8 Å². The molecule has 194 valence electrons. The Morgan fingerprint density at radius 1 is 1.11 bits per heavy atom. The van der Waals surface area contributed by atoms with Gasteiger partial charge in [0.05, 0.1) is 25.5 Å². The summed E-state index contributed by atoms with van der Waals surface area (Å²) in [5.41, 5.74) is 4.17. The Bertz CT molecular complexity index is 1610. The van der Waals surface area contributed by atoms with Crippen LogP contribution < -0.4 is 5.69 Å². The fourth-order valence-electron chi connectivity index (χ4n) is 4.42. The Kier molecular flexibility index (Phi) is 6.94. The van der Waals surface area contributed by atoms with Crippen LogP contribution in [0.3, 0.4) is 0 Å². The number of esters is 1. The second-order valence-corrected chi connectivity index (χ2v) is 8.78. The van der Waals surface area contributed by atoms with Gasteiger partial charge in [-0.25, -0.2) is 9.59 Å². The van der Waals surface area contributed by atoms with Gasteiger partial charge in [0.1, 0.15) is 5.56 Å². The van der Waals surface area contributed by atoms with Crippen molar-refractivity contribution in [3.05, 3.63) is 82.4 Å². The first-order valence-corrected chi connectivity index (χ1v) is 12.2. The summed E-state index contributed by atoms with van der Waals surface area (Å²) < 4.78 is 9.54. The average molecular weight is 514 g/mol. The molecule has 0 radical (unpaired) electrons. The second kappa shape index (κ2) is 10.6. The molecule has 0 amide bonds. The molecule has 4 heterocycles. The molecule has 4 aromatic heterocycles. The zero-order chi connectivity index (χ0) is 26.6. The van der Waals surface area contributed by atoms with Crippen LogP contribution in [0.15, 0.2) is 59.8 Å². The fourth-order valence-corrected chi connectivity index (χ4v) is 4.42. The number of benzene rings is 1. The molecule has 5 aromatic rings. The van der Waals surface area contributed by atoms with E-state index in [2.05, 4.69) is 37.6 Å². The SMILES string of the molecule is CCCCc1cn(-c2c(C(=O)OC)cnn2C)c(=O)n1Cc1ccc(-c2ccccc2-c2nn[nH]n2)cn1. The normalized spacial score (nSPS) is 11.1. The van der Waals surface area contributed by atoms with E-state index in [-0.39, 0.29) is 17.8 Å². The number of unbranched alkanes of at least 4 members (excludes halogenated alkanes) is 1. The average Bonchev–Trinajstić information content (AvgIpc) is 3.68. The maximum absolute atomic E-state index is 13.6. The Morgan fingerprint density at radius 2 is 1.92 bits per heavy atom. The van der Waals surface area contributed by atoms with Crippen molar-refractivity contribution in [2.24, 2.45) is 7.05 Å². The highest BCUT2D eigenvalue weighted by molar-refractivity contribution is 5.92. The van der Waals surface area contributed by atoms with Crippen molar-refractivity contribution in [3.8, 4) is 28.3 Å². The van der Waals surface area contributed by atoms with E-state index in [0.717, 1.165) is 40.9 Å². The molecule has 1 aromatic carbocycles. The van der Waals surface area contributed by atoms with Gasteiger partial charge in [0.2, 0.25) is 5.82 Å². The molecule has 0 aliphatic rings. The van der Waals surface area contributed by atoms with E-state index in [1.165, 1.54) is 22.6 Å². The van der Waals surface area contributed by atoms with Crippen molar-refractivity contribution in [1.29, 1.82) is 0 Å². The van der Waals surface area contributed by atoms with Gasteiger partial charge in [-0.15, -0.1) is 10.2 Å². The number of tetrazole rings is 1. The monoisotopic (exact) mass is 513 g/mol. The van der Waals surface area contributed by atoms with Crippen molar-refractivity contribution >= 4 is 5.97 Å². The topological polar surface area (TPSA) is 138 Å². The molecule has 1 N–H and O–H groups in total. The third-order valence-corrected chi connectivity index (χ3v) is 6.36. The number of ether oxygens (including phenoxy) is 1. The highest BCUT2D eigenvalue weighted by Crippen LogP contribution is 2.29. The summed E-state index contributed by atoms with van der Waals surface area (Å²) in [7, 11) is 2.99. The van der Waals surface area contributed by atoms with Crippen molar-refractivity contribution in [3.63, 3.8) is 0 Å². The van der Waals surface area contributed by atoms with E-state index >= 15 is 0 Å². The third-order valence-electron chi connectivity index (χ3n) is 6.36. The number of imidazole rings is 1. The number of hydrogen-bond donors (Lipinski definition) is 1. The quantitative estimate of drug-likeness (QED) is 0.297. The van der Waals surface area contributed by atoms with Gasteiger partial charge < -0.3 is 4.74 Å². The molecular formula is C26H27N9O3. The Morgan fingerprint density at radius 3 is 2.61 bits per heavy atom. The molecule has 5 rings (SSSR count). The molecule has 0 fully saturated rings. The summed E-state index contributed by atoms with van der Waals surface area (Å²) >= 11 is 0. The van der Waals surface area contributed by atoms with Crippen LogP contribution in [0.1, 0.15) is 41.5 Å². The van der Waals surface area contributed by atoms with Crippen LogP contribution in [0.2, 0.25) is 0 Å². The summed E-state index contributed by atoms with van der Waals surface area (Å²) in [6.07, 6.45) is 7.56. The maximum atomic E-state index is 13.6. The Balaban J connectivity index is 1.50. The number of methoxy groups -OCH3 is 1. The summed E-state index contributed by atoms with van der Waals surface area (Å²) in [4.78, 5) is 30.6. The number of carbonyl (C=O) groups is 1. The zero-order valence-electron chi connectivity index (χ0n) is 21.3. The number of H-pyrrole nitrogens is 1. The lowest BCUT2D eigenvalue weighted by Crippen LogP contribution is -2.27. The number of carbonyl (C=O) groups excluding carboxylic acids is 1. The van der Waals surface area contributed by atoms with E-state index < -0.39 is 5.97 Å².